The van der Waals surface area contributed by atoms with Crippen LogP contribution in [0.4, 0.5) is 5.69 Å². The summed E-state index contributed by atoms with van der Waals surface area (Å²) in [7, 11) is -4.26. The van der Waals surface area contributed by atoms with E-state index in [1.807, 2.05) is 13.8 Å². The quantitative estimate of drug-likeness (QED) is 0.234. The van der Waals surface area contributed by atoms with E-state index in [0.29, 0.717) is 17.1 Å². The monoisotopic (exact) mass is 623 g/mol. The number of hydrogen-bond donors (Lipinski definition) is 1. The van der Waals surface area contributed by atoms with Gasteiger partial charge in [-0.1, -0.05) is 84.0 Å². The molecule has 0 aliphatic heterocycles. The van der Waals surface area contributed by atoms with Crippen molar-refractivity contribution in [3.8, 4) is 0 Å². The molecule has 3 rings (SSSR count). The number of hydrogen-bond acceptors (Lipinski definition) is 4. The number of carbonyl (C=O) groups excluding carboxylic acids is 2. The van der Waals surface area contributed by atoms with Crippen molar-refractivity contribution in [1.29, 1.82) is 0 Å². The van der Waals surface area contributed by atoms with Gasteiger partial charge in [-0.15, -0.1) is 0 Å². The van der Waals surface area contributed by atoms with Crippen LogP contribution in [0.25, 0.3) is 0 Å². The van der Waals surface area contributed by atoms with Crippen LogP contribution < -0.4 is 9.62 Å². The van der Waals surface area contributed by atoms with Crippen molar-refractivity contribution in [2.24, 2.45) is 0 Å². The van der Waals surface area contributed by atoms with Crippen LogP contribution in [-0.4, -0.2) is 44.3 Å². The highest BCUT2D eigenvalue weighted by Crippen LogP contribution is 2.35. The van der Waals surface area contributed by atoms with Crippen molar-refractivity contribution in [1.82, 2.24) is 10.2 Å². The zero-order valence-electron chi connectivity index (χ0n) is 22.5. The Morgan fingerprint density at radius 2 is 1.65 bits per heavy atom. The van der Waals surface area contributed by atoms with E-state index in [-0.39, 0.29) is 33.1 Å². The zero-order chi connectivity index (χ0) is 29.4. The van der Waals surface area contributed by atoms with E-state index in [1.54, 1.807) is 49.4 Å². The van der Waals surface area contributed by atoms with Crippen LogP contribution in [0.5, 0.6) is 0 Å². The Labute approximate surface area is 251 Å². The number of nitrogens with one attached hydrogen (secondary N) is 1. The minimum absolute atomic E-state index is 0.0144. The predicted octanol–water partition coefficient (Wildman–Crippen LogP) is 6.48. The van der Waals surface area contributed by atoms with Crippen LogP contribution in [0.2, 0.25) is 15.1 Å². The van der Waals surface area contributed by atoms with Gasteiger partial charge in [0.15, 0.2) is 0 Å². The molecule has 3 aromatic carbocycles. The number of benzene rings is 3. The molecule has 11 heteroatoms. The summed E-state index contributed by atoms with van der Waals surface area (Å²) in [6.07, 6.45) is 1.68. The van der Waals surface area contributed by atoms with Gasteiger partial charge in [0.2, 0.25) is 11.8 Å². The number of nitrogens with zero attached hydrogens (tertiary/aromatic N) is 2. The van der Waals surface area contributed by atoms with Gasteiger partial charge in [-0.2, -0.15) is 0 Å². The molecule has 0 fully saturated rings. The maximum atomic E-state index is 14.0. The molecule has 0 saturated heterocycles. The average molecular weight is 625 g/mol. The number of halogens is 3. The van der Waals surface area contributed by atoms with Gasteiger partial charge in [0.25, 0.3) is 10.0 Å². The summed E-state index contributed by atoms with van der Waals surface area (Å²) in [5, 5.41) is 3.44. The van der Waals surface area contributed by atoms with E-state index < -0.39 is 28.5 Å². The smallest absolute Gasteiger partial charge is 0.264 e. The summed E-state index contributed by atoms with van der Waals surface area (Å²) in [5.74, 6) is -0.956. The summed E-state index contributed by atoms with van der Waals surface area (Å²) >= 11 is 18.9. The van der Waals surface area contributed by atoms with Crippen LogP contribution in [0, 0.1) is 6.92 Å². The number of carbonyl (C=O) groups is 2. The summed E-state index contributed by atoms with van der Waals surface area (Å²) in [6, 6.07) is 16.8. The van der Waals surface area contributed by atoms with Crippen molar-refractivity contribution in [3.63, 3.8) is 0 Å². The van der Waals surface area contributed by atoms with Gasteiger partial charge in [0.1, 0.15) is 12.6 Å². The Morgan fingerprint density at radius 1 is 0.975 bits per heavy atom. The SMILES string of the molecule is CCCCNC(=O)[C@H](C)N(Cc1cccc(Cl)c1)C(=O)CN(c1cccc(Cl)c1Cl)S(=O)(=O)c1ccc(C)cc1. The van der Waals surface area contributed by atoms with Crippen LogP contribution in [-0.2, 0) is 26.2 Å². The normalized spacial score (nSPS) is 12.1. The molecular formula is C29H32Cl3N3O4S. The minimum atomic E-state index is -4.26. The van der Waals surface area contributed by atoms with Gasteiger partial charge >= 0.3 is 0 Å². The molecule has 3 aromatic rings. The summed E-state index contributed by atoms with van der Waals surface area (Å²) in [5.41, 5.74) is 1.60. The second-order valence-electron chi connectivity index (χ2n) is 9.37. The minimum Gasteiger partial charge on any atom is -0.354 e. The average Bonchev–Trinajstić information content (AvgIpc) is 2.92. The first-order valence-electron chi connectivity index (χ1n) is 12.8. The lowest BCUT2D eigenvalue weighted by molar-refractivity contribution is -0.139. The van der Waals surface area contributed by atoms with E-state index >= 15 is 0 Å². The summed E-state index contributed by atoms with van der Waals surface area (Å²) in [4.78, 5) is 28.3. The molecule has 40 heavy (non-hydrogen) atoms. The lowest BCUT2D eigenvalue weighted by Crippen LogP contribution is -2.51. The lowest BCUT2D eigenvalue weighted by Gasteiger charge is -2.32. The van der Waals surface area contributed by atoms with E-state index in [2.05, 4.69) is 5.32 Å². The van der Waals surface area contributed by atoms with Gasteiger partial charge in [-0.05, 0) is 62.2 Å². The molecule has 2 amide bonds. The highest BCUT2D eigenvalue weighted by Gasteiger charge is 2.33. The Hall–Kier alpha value is -2.78. The zero-order valence-corrected chi connectivity index (χ0v) is 25.6. The molecule has 7 nitrogen and oxygen atoms in total. The van der Waals surface area contributed by atoms with Crippen LogP contribution in [0.15, 0.2) is 71.6 Å². The molecular weight excluding hydrogens is 593 g/mol. The fraction of sp³-hybridized carbons (Fsp3) is 0.310. The van der Waals surface area contributed by atoms with Crippen molar-refractivity contribution in [2.45, 2.75) is 51.1 Å². The molecule has 0 unspecified atom stereocenters. The Morgan fingerprint density at radius 3 is 2.30 bits per heavy atom. The number of rotatable bonds is 12. The third-order valence-electron chi connectivity index (χ3n) is 6.33. The van der Waals surface area contributed by atoms with Gasteiger partial charge in [0.05, 0.1) is 20.6 Å². The van der Waals surface area contributed by atoms with Crippen LogP contribution in [0.3, 0.4) is 0 Å². The van der Waals surface area contributed by atoms with Crippen LogP contribution in [0.1, 0.15) is 37.8 Å². The Kier molecular flexibility index (Phi) is 11.3. The second kappa shape index (κ2) is 14.2. The fourth-order valence-corrected chi connectivity index (χ4v) is 6.07. The van der Waals surface area contributed by atoms with E-state index in [4.69, 9.17) is 34.8 Å². The molecule has 0 bridgehead atoms. The standard InChI is InChI=1S/C29H32Cl3N3O4S/c1-4-5-16-33-29(37)21(3)34(18-22-8-6-9-23(30)17-22)27(36)19-35(26-11-7-10-25(31)28(26)32)40(38,39)24-14-12-20(2)13-15-24/h6-15,17,21H,4-5,16,18-19H2,1-3H3,(H,33,37)/t21-/m0/s1. The van der Waals surface area contributed by atoms with Crippen molar-refractivity contribution < 1.29 is 18.0 Å². The first-order chi connectivity index (χ1) is 18.9. The largest absolute Gasteiger partial charge is 0.354 e. The molecule has 0 aromatic heterocycles. The third-order valence-corrected chi connectivity index (χ3v) is 9.14. The molecule has 0 aliphatic rings. The Balaban J connectivity index is 2.04. The molecule has 0 heterocycles. The van der Waals surface area contributed by atoms with Gasteiger partial charge < -0.3 is 10.2 Å². The Bertz CT molecular complexity index is 1450. The van der Waals surface area contributed by atoms with Gasteiger partial charge in [-0.3, -0.25) is 13.9 Å². The molecule has 0 saturated carbocycles. The number of aryl methyl sites for hydroxylation is 1. The number of anilines is 1. The molecule has 214 valence electrons. The molecule has 0 spiro atoms. The van der Waals surface area contributed by atoms with E-state index in [9.17, 15) is 18.0 Å². The topological polar surface area (TPSA) is 86.8 Å². The van der Waals surface area contributed by atoms with Crippen molar-refractivity contribution in [2.75, 3.05) is 17.4 Å². The predicted molar refractivity (Wildman–Crippen MR) is 162 cm³/mol. The first kappa shape index (κ1) is 31.7. The second-order valence-corrected chi connectivity index (χ2v) is 12.5. The maximum Gasteiger partial charge on any atom is 0.264 e. The fourth-order valence-electron chi connectivity index (χ4n) is 3.99. The maximum absolute atomic E-state index is 14.0. The number of amides is 2. The molecule has 1 N–H and O–H groups in total. The van der Waals surface area contributed by atoms with Crippen molar-refractivity contribution in [3.05, 3.63) is 92.9 Å². The molecule has 1 atom stereocenters. The van der Waals surface area contributed by atoms with Crippen LogP contribution >= 0.6 is 34.8 Å². The highest BCUT2D eigenvalue weighted by atomic mass is 35.5. The highest BCUT2D eigenvalue weighted by molar-refractivity contribution is 7.92. The molecule has 0 aliphatic carbocycles. The lowest BCUT2D eigenvalue weighted by atomic mass is 10.1. The summed E-state index contributed by atoms with van der Waals surface area (Å²) < 4.78 is 28.7. The van der Waals surface area contributed by atoms with E-state index in [1.165, 1.54) is 29.2 Å². The van der Waals surface area contributed by atoms with E-state index in [0.717, 1.165) is 22.7 Å². The third kappa shape index (κ3) is 7.91. The van der Waals surface area contributed by atoms with Crippen molar-refractivity contribution >= 4 is 62.3 Å². The number of unbranched alkanes of at least 4 members (excludes halogenated alkanes) is 1. The summed E-state index contributed by atoms with van der Waals surface area (Å²) in [6.45, 7) is 5.33. The van der Waals surface area contributed by atoms with Gasteiger partial charge in [-0.25, -0.2) is 8.42 Å². The first-order valence-corrected chi connectivity index (χ1v) is 15.4. The molecule has 0 radical (unpaired) electrons. The van der Waals surface area contributed by atoms with Gasteiger partial charge in [0, 0.05) is 18.1 Å². The number of sulfonamides is 1.